The first-order valence-corrected chi connectivity index (χ1v) is 10.9. The van der Waals surface area contributed by atoms with Gasteiger partial charge in [-0.2, -0.15) is 0 Å². The smallest absolute Gasteiger partial charge is 0.252 e. The fourth-order valence-corrected chi connectivity index (χ4v) is 5.45. The second-order valence-corrected chi connectivity index (χ2v) is 10.7. The Kier molecular flexibility index (Phi) is 5.79. The number of ketones is 1. The third-order valence-electron chi connectivity index (χ3n) is 3.38. The first kappa shape index (κ1) is 19.7. The molecule has 25 heavy (non-hydrogen) atoms. The number of hydrogen-bond acceptors (Lipinski definition) is 6. The van der Waals surface area contributed by atoms with E-state index in [1.807, 2.05) is 0 Å². The van der Waals surface area contributed by atoms with Crippen LogP contribution in [0.4, 0.5) is 0 Å². The van der Waals surface area contributed by atoms with Crippen LogP contribution < -0.4 is 4.72 Å². The summed E-state index contributed by atoms with van der Waals surface area (Å²) in [6.07, 6.45) is 0. The largest absolute Gasteiger partial charge is 0.295 e. The summed E-state index contributed by atoms with van der Waals surface area (Å²) in [7, 11) is -4.42. The van der Waals surface area contributed by atoms with Crippen molar-refractivity contribution in [2.45, 2.75) is 22.6 Å². The number of sulfonamides is 2. The van der Waals surface area contributed by atoms with Gasteiger partial charge in [-0.25, -0.2) is 25.9 Å². The van der Waals surface area contributed by atoms with E-state index < -0.39 is 20.0 Å². The molecule has 0 aliphatic carbocycles. The maximum Gasteiger partial charge on any atom is 0.252 e. The number of carbonyl (C=O) groups is 1. The molecule has 0 fully saturated rings. The summed E-state index contributed by atoms with van der Waals surface area (Å²) >= 11 is 1.01. The molecule has 1 aromatic carbocycles. The standard InChI is InChI=1S/C15H18N2O5S3/c1-11(18)12-4-7-14(8-5-12)24(19,20)16-10-13-6-9-15(23-13)25(21,22)17(2)3/h4-9,16H,10H2,1-3H3. The van der Waals surface area contributed by atoms with Gasteiger partial charge in [-0.1, -0.05) is 12.1 Å². The summed E-state index contributed by atoms with van der Waals surface area (Å²) in [5.41, 5.74) is 0.427. The molecule has 0 amide bonds. The van der Waals surface area contributed by atoms with Crippen molar-refractivity contribution in [1.29, 1.82) is 0 Å². The lowest BCUT2D eigenvalue weighted by Gasteiger charge is -2.08. The Morgan fingerprint density at radius 3 is 2.16 bits per heavy atom. The minimum atomic E-state index is -3.76. The molecule has 7 nitrogen and oxygen atoms in total. The zero-order chi connectivity index (χ0) is 18.8. The molecule has 0 saturated carbocycles. The van der Waals surface area contributed by atoms with E-state index >= 15 is 0 Å². The van der Waals surface area contributed by atoms with E-state index in [0.717, 1.165) is 15.6 Å². The molecule has 2 aromatic rings. The van der Waals surface area contributed by atoms with Gasteiger partial charge in [0.2, 0.25) is 10.0 Å². The molecule has 0 saturated heterocycles. The van der Waals surface area contributed by atoms with Crippen molar-refractivity contribution in [3.63, 3.8) is 0 Å². The second kappa shape index (κ2) is 7.34. The highest BCUT2D eigenvalue weighted by molar-refractivity contribution is 7.91. The highest BCUT2D eigenvalue weighted by Gasteiger charge is 2.20. The first-order valence-electron chi connectivity index (χ1n) is 7.16. The summed E-state index contributed by atoms with van der Waals surface area (Å²) in [6, 6.07) is 8.63. The van der Waals surface area contributed by atoms with E-state index in [1.165, 1.54) is 51.4 Å². The van der Waals surface area contributed by atoms with Crippen molar-refractivity contribution in [2.75, 3.05) is 14.1 Å². The molecule has 0 aliphatic heterocycles. The summed E-state index contributed by atoms with van der Waals surface area (Å²) in [4.78, 5) is 11.8. The molecular weight excluding hydrogens is 384 g/mol. The van der Waals surface area contributed by atoms with Gasteiger partial charge in [0.05, 0.1) is 4.90 Å². The summed E-state index contributed by atoms with van der Waals surface area (Å²) in [5.74, 6) is -0.148. The monoisotopic (exact) mass is 402 g/mol. The number of benzene rings is 1. The maximum absolute atomic E-state index is 12.3. The summed E-state index contributed by atoms with van der Waals surface area (Å²) in [6.45, 7) is 1.38. The fourth-order valence-electron chi connectivity index (χ4n) is 1.89. The van der Waals surface area contributed by atoms with Crippen molar-refractivity contribution in [3.05, 3.63) is 46.8 Å². The number of carbonyl (C=O) groups excluding carboxylic acids is 1. The van der Waals surface area contributed by atoms with Crippen molar-refractivity contribution in [2.24, 2.45) is 0 Å². The molecule has 10 heteroatoms. The molecule has 1 aromatic heterocycles. The van der Waals surface area contributed by atoms with Crippen LogP contribution in [-0.2, 0) is 26.6 Å². The molecule has 2 rings (SSSR count). The van der Waals surface area contributed by atoms with Crippen molar-refractivity contribution < 1.29 is 21.6 Å². The minimum Gasteiger partial charge on any atom is -0.295 e. The number of nitrogens with zero attached hydrogens (tertiary/aromatic N) is 1. The Bertz CT molecular complexity index is 974. The van der Waals surface area contributed by atoms with Crippen LogP contribution in [0.15, 0.2) is 45.5 Å². The highest BCUT2D eigenvalue weighted by atomic mass is 32.2. The van der Waals surface area contributed by atoms with Gasteiger partial charge in [-0.3, -0.25) is 4.79 Å². The fraction of sp³-hybridized carbons (Fsp3) is 0.267. The number of hydrogen-bond donors (Lipinski definition) is 1. The zero-order valence-electron chi connectivity index (χ0n) is 13.9. The van der Waals surface area contributed by atoms with Crippen molar-refractivity contribution >= 4 is 37.2 Å². The molecule has 1 N–H and O–H groups in total. The molecule has 0 radical (unpaired) electrons. The Morgan fingerprint density at radius 1 is 1.04 bits per heavy atom. The van der Waals surface area contributed by atoms with E-state index in [-0.39, 0.29) is 21.4 Å². The Balaban J connectivity index is 2.13. The Labute approximate surface area is 151 Å². The number of Topliss-reactive ketones (excluding diaryl/α,β-unsaturated/α-hetero) is 1. The summed E-state index contributed by atoms with van der Waals surface area (Å²) < 4.78 is 52.3. The van der Waals surface area contributed by atoms with Gasteiger partial charge in [-0.05, 0) is 31.2 Å². The molecule has 1 heterocycles. The molecule has 0 atom stereocenters. The minimum absolute atomic E-state index is 0.0234. The van der Waals surface area contributed by atoms with Gasteiger partial charge in [0.1, 0.15) is 4.21 Å². The van der Waals surface area contributed by atoms with Crippen LogP contribution in [-0.4, -0.2) is 41.0 Å². The maximum atomic E-state index is 12.3. The topological polar surface area (TPSA) is 101 Å². The van der Waals surface area contributed by atoms with Crippen molar-refractivity contribution in [3.8, 4) is 0 Å². The lowest BCUT2D eigenvalue weighted by molar-refractivity contribution is 0.101. The Morgan fingerprint density at radius 2 is 1.64 bits per heavy atom. The number of rotatable bonds is 7. The van der Waals surface area contributed by atoms with Gasteiger partial charge in [0.15, 0.2) is 5.78 Å². The lowest BCUT2D eigenvalue weighted by Crippen LogP contribution is -2.23. The summed E-state index contributed by atoms with van der Waals surface area (Å²) in [5, 5.41) is 0. The van der Waals surface area contributed by atoms with E-state index in [2.05, 4.69) is 4.72 Å². The van der Waals surface area contributed by atoms with E-state index in [0.29, 0.717) is 10.4 Å². The van der Waals surface area contributed by atoms with E-state index in [4.69, 9.17) is 0 Å². The van der Waals surface area contributed by atoms with Gasteiger partial charge in [0.25, 0.3) is 10.0 Å². The van der Waals surface area contributed by atoms with E-state index in [1.54, 1.807) is 6.07 Å². The van der Waals surface area contributed by atoms with Crippen molar-refractivity contribution in [1.82, 2.24) is 9.03 Å². The molecule has 136 valence electrons. The van der Waals surface area contributed by atoms with Gasteiger partial charge < -0.3 is 0 Å². The molecular formula is C15H18N2O5S3. The molecule has 0 aliphatic rings. The van der Waals surface area contributed by atoms with Crippen LogP contribution in [0.2, 0.25) is 0 Å². The van der Waals surface area contributed by atoms with Crippen LogP contribution in [0.1, 0.15) is 22.2 Å². The number of nitrogens with one attached hydrogen (secondary N) is 1. The van der Waals surface area contributed by atoms with Crippen LogP contribution >= 0.6 is 11.3 Å². The SMILES string of the molecule is CC(=O)c1ccc(S(=O)(=O)NCc2ccc(S(=O)(=O)N(C)C)s2)cc1. The van der Waals surface area contributed by atoms with Gasteiger partial charge in [0, 0.05) is 31.1 Å². The third kappa shape index (κ3) is 4.53. The zero-order valence-corrected chi connectivity index (χ0v) is 16.3. The average molecular weight is 403 g/mol. The predicted molar refractivity (Wildman–Crippen MR) is 95.7 cm³/mol. The molecule has 0 bridgehead atoms. The van der Waals surface area contributed by atoms with Crippen LogP contribution in [0.5, 0.6) is 0 Å². The van der Waals surface area contributed by atoms with Gasteiger partial charge >= 0.3 is 0 Å². The quantitative estimate of drug-likeness (QED) is 0.710. The molecule has 0 unspecified atom stereocenters. The lowest BCUT2D eigenvalue weighted by atomic mass is 10.2. The normalized spacial score (nSPS) is 12.5. The van der Waals surface area contributed by atoms with Crippen LogP contribution in [0.25, 0.3) is 0 Å². The number of thiophene rings is 1. The molecule has 0 spiro atoms. The van der Waals surface area contributed by atoms with Crippen LogP contribution in [0.3, 0.4) is 0 Å². The predicted octanol–water partition coefficient (Wildman–Crippen LogP) is 1.68. The first-order chi connectivity index (χ1) is 11.5. The second-order valence-electron chi connectivity index (χ2n) is 5.41. The van der Waals surface area contributed by atoms with Gasteiger partial charge in [-0.15, -0.1) is 11.3 Å². The van der Waals surface area contributed by atoms with E-state index in [9.17, 15) is 21.6 Å². The third-order valence-corrected chi connectivity index (χ3v) is 8.16. The Hall–Kier alpha value is -1.59. The highest BCUT2D eigenvalue weighted by Crippen LogP contribution is 2.24. The average Bonchev–Trinajstić information content (AvgIpc) is 3.03. The van der Waals surface area contributed by atoms with Crippen LogP contribution in [0, 0.1) is 0 Å².